The van der Waals surface area contributed by atoms with Crippen molar-refractivity contribution in [3.63, 3.8) is 0 Å². The summed E-state index contributed by atoms with van der Waals surface area (Å²) in [6.07, 6.45) is 1.48. The van der Waals surface area contributed by atoms with Gasteiger partial charge in [-0.05, 0) is 46.7 Å². The number of hydrogen-bond acceptors (Lipinski definition) is 5. The van der Waals surface area contributed by atoms with E-state index in [9.17, 15) is 14.4 Å². The molecule has 0 unspecified atom stereocenters. The average molecular weight is 457 g/mol. The van der Waals surface area contributed by atoms with Crippen molar-refractivity contribution in [2.75, 3.05) is 18.5 Å². The third kappa shape index (κ3) is 4.34. The van der Waals surface area contributed by atoms with E-state index in [1.54, 1.807) is 0 Å². The number of rotatable bonds is 7. The number of anilines is 1. The van der Waals surface area contributed by atoms with Crippen molar-refractivity contribution in [2.24, 2.45) is 11.8 Å². The number of carbonyl (C=O) groups is 3. The zero-order valence-electron chi connectivity index (χ0n) is 18.2. The maximum atomic E-state index is 12.4. The molecule has 1 aromatic heterocycles. The third-order valence-electron chi connectivity index (χ3n) is 6.36. The van der Waals surface area contributed by atoms with E-state index in [-0.39, 0.29) is 36.0 Å². The summed E-state index contributed by atoms with van der Waals surface area (Å²) in [5.41, 5.74) is 5.00. The first-order valence-corrected chi connectivity index (χ1v) is 11.1. The van der Waals surface area contributed by atoms with Crippen molar-refractivity contribution in [1.82, 2.24) is 10.3 Å². The van der Waals surface area contributed by atoms with Crippen LogP contribution >= 0.6 is 0 Å². The SMILES string of the molecule is O=C(NC[C@@H]1C[C@@H]1C(=O)Nc1ccc(C(=O)O)nc1)OCC1c2ccccc2-c2ccccc21. The van der Waals surface area contributed by atoms with Crippen LogP contribution in [-0.4, -0.2) is 41.2 Å². The van der Waals surface area contributed by atoms with Crippen LogP contribution in [0.1, 0.15) is 34.0 Å². The highest BCUT2D eigenvalue weighted by Gasteiger charge is 2.43. The van der Waals surface area contributed by atoms with Crippen LogP contribution in [0.15, 0.2) is 66.9 Å². The van der Waals surface area contributed by atoms with E-state index in [2.05, 4.69) is 39.9 Å². The summed E-state index contributed by atoms with van der Waals surface area (Å²) in [5.74, 6) is -1.48. The third-order valence-corrected chi connectivity index (χ3v) is 6.36. The molecule has 0 bridgehead atoms. The predicted octanol–water partition coefficient (Wildman–Crippen LogP) is 3.89. The number of amides is 2. The molecular weight excluding hydrogens is 434 g/mol. The highest BCUT2D eigenvalue weighted by Crippen LogP contribution is 2.44. The average Bonchev–Trinajstić information content (AvgIpc) is 3.57. The fraction of sp³-hybridized carbons (Fsp3) is 0.231. The van der Waals surface area contributed by atoms with Crippen LogP contribution in [0.25, 0.3) is 11.1 Å². The Morgan fingerprint density at radius 3 is 2.26 bits per heavy atom. The number of alkyl carbamates (subject to hydrolysis) is 1. The van der Waals surface area contributed by atoms with Gasteiger partial charge >= 0.3 is 12.1 Å². The van der Waals surface area contributed by atoms with Crippen LogP contribution in [0.3, 0.4) is 0 Å². The van der Waals surface area contributed by atoms with Gasteiger partial charge in [0.05, 0.1) is 11.9 Å². The molecule has 5 rings (SSSR count). The second-order valence-corrected chi connectivity index (χ2v) is 8.54. The normalized spacial score (nSPS) is 17.9. The lowest BCUT2D eigenvalue weighted by molar-refractivity contribution is -0.117. The second-order valence-electron chi connectivity index (χ2n) is 8.54. The molecule has 1 saturated carbocycles. The van der Waals surface area contributed by atoms with Crippen molar-refractivity contribution in [3.8, 4) is 11.1 Å². The number of hydrogen-bond donors (Lipinski definition) is 3. The number of carbonyl (C=O) groups excluding carboxylic acids is 2. The fourth-order valence-corrected chi connectivity index (χ4v) is 4.49. The Labute approximate surface area is 196 Å². The second kappa shape index (κ2) is 8.97. The maximum absolute atomic E-state index is 12.4. The molecule has 172 valence electrons. The molecule has 0 aliphatic heterocycles. The Balaban J connectivity index is 1.09. The molecule has 2 amide bonds. The smallest absolute Gasteiger partial charge is 0.407 e. The summed E-state index contributed by atoms with van der Waals surface area (Å²) in [6.45, 7) is 0.596. The van der Waals surface area contributed by atoms with Gasteiger partial charge in [-0.15, -0.1) is 0 Å². The Kier molecular flexibility index (Phi) is 5.71. The summed E-state index contributed by atoms with van der Waals surface area (Å²) < 4.78 is 5.53. The van der Waals surface area contributed by atoms with Gasteiger partial charge in [0.15, 0.2) is 0 Å². The van der Waals surface area contributed by atoms with Gasteiger partial charge in [-0.3, -0.25) is 4.79 Å². The molecular formula is C26H23N3O5. The minimum Gasteiger partial charge on any atom is -0.477 e. The Morgan fingerprint density at radius 2 is 1.65 bits per heavy atom. The molecule has 3 aromatic rings. The molecule has 0 radical (unpaired) electrons. The number of pyridine rings is 1. The van der Waals surface area contributed by atoms with Gasteiger partial charge in [0, 0.05) is 18.4 Å². The maximum Gasteiger partial charge on any atom is 0.407 e. The van der Waals surface area contributed by atoms with E-state index in [0.29, 0.717) is 18.7 Å². The molecule has 0 spiro atoms. The number of benzene rings is 2. The number of aromatic nitrogens is 1. The van der Waals surface area contributed by atoms with Gasteiger partial charge in [-0.1, -0.05) is 48.5 Å². The van der Waals surface area contributed by atoms with E-state index in [4.69, 9.17) is 9.84 Å². The number of carboxylic acid groups (broad SMARTS) is 1. The molecule has 1 heterocycles. The topological polar surface area (TPSA) is 118 Å². The first-order valence-electron chi connectivity index (χ1n) is 11.1. The van der Waals surface area contributed by atoms with E-state index in [1.807, 2.05) is 24.3 Å². The lowest BCUT2D eigenvalue weighted by Gasteiger charge is -2.14. The van der Waals surface area contributed by atoms with E-state index in [1.165, 1.54) is 29.5 Å². The first kappa shape index (κ1) is 21.6. The van der Waals surface area contributed by atoms with Crippen molar-refractivity contribution in [2.45, 2.75) is 12.3 Å². The predicted molar refractivity (Wildman–Crippen MR) is 124 cm³/mol. The lowest BCUT2D eigenvalue weighted by atomic mass is 9.98. The van der Waals surface area contributed by atoms with Gasteiger partial charge in [-0.2, -0.15) is 0 Å². The highest BCUT2D eigenvalue weighted by atomic mass is 16.5. The van der Waals surface area contributed by atoms with Crippen molar-refractivity contribution in [3.05, 3.63) is 83.7 Å². The Hall–Kier alpha value is -4.20. The summed E-state index contributed by atoms with van der Waals surface area (Å²) in [7, 11) is 0. The van der Waals surface area contributed by atoms with Gasteiger partial charge in [0.2, 0.25) is 5.91 Å². The summed E-state index contributed by atoms with van der Waals surface area (Å²) >= 11 is 0. The first-order chi connectivity index (χ1) is 16.5. The van der Waals surface area contributed by atoms with Crippen molar-refractivity contribution >= 4 is 23.7 Å². The van der Waals surface area contributed by atoms with Crippen molar-refractivity contribution in [1.29, 1.82) is 0 Å². The largest absolute Gasteiger partial charge is 0.477 e. The summed E-state index contributed by atoms with van der Waals surface area (Å²) in [6, 6.07) is 19.1. The molecule has 8 nitrogen and oxygen atoms in total. The zero-order valence-corrected chi connectivity index (χ0v) is 18.2. The van der Waals surface area contributed by atoms with Crippen LogP contribution in [0.5, 0.6) is 0 Å². The number of carboxylic acids is 1. The van der Waals surface area contributed by atoms with E-state index >= 15 is 0 Å². The Morgan fingerprint density at radius 1 is 0.971 bits per heavy atom. The highest BCUT2D eigenvalue weighted by molar-refractivity contribution is 5.94. The molecule has 2 aliphatic rings. The van der Waals surface area contributed by atoms with Crippen LogP contribution in [0.2, 0.25) is 0 Å². The summed E-state index contributed by atoms with van der Waals surface area (Å²) in [5, 5.41) is 14.4. The Bertz CT molecular complexity index is 1210. The van der Waals surface area contributed by atoms with Crippen LogP contribution < -0.4 is 10.6 Å². The summed E-state index contributed by atoms with van der Waals surface area (Å²) in [4.78, 5) is 39.3. The minimum atomic E-state index is -1.13. The molecule has 3 N–H and O–H groups in total. The standard InChI is InChI=1S/C26H23N3O5/c30-24(29-16-9-10-23(25(31)32)27-13-16)21-11-15(21)12-28-26(33)34-14-22-19-7-3-1-5-17(19)18-6-2-4-8-20(18)22/h1-10,13,15,21-22H,11-12,14H2,(H,28,33)(H,29,30)(H,31,32)/t15-,21-/m0/s1. The van der Waals surface area contributed by atoms with Gasteiger partial charge in [0.1, 0.15) is 12.3 Å². The van der Waals surface area contributed by atoms with Crippen LogP contribution in [-0.2, 0) is 9.53 Å². The fourth-order valence-electron chi connectivity index (χ4n) is 4.49. The van der Waals surface area contributed by atoms with Crippen LogP contribution in [0.4, 0.5) is 10.5 Å². The molecule has 2 aliphatic carbocycles. The number of ether oxygens (including phenoxy) is 1. The number of fused-ring (bicyclic) bond motifs is 3. The lowest BCUT2D eigenvalue weighted by Crippen LogP contribution is -2.29. The molecule has 0 saturated heterocycles. The van der Waals surface area contributed by atoms with Gasteiger partial charge < -0.3 is 20.5 Å². The number of nitrogens with zero attached hydrogens (tertiary/aromatic N) is 1. The monoisotopic (exact) mass is 457 g/mol. The van der Waals surface area contributed by atoms with E-state index < -0.39 is 12.1 Å². The molecule has 2 atom stereocenters. The molecule has 8 heteroatoms. The number of nitrogens with one attached hydrogen (secondary N) is 2. The molecule has 34 heavy (non-hydrogen) atoms. The molecule has 2 aromatic carbocycles. The molecule has 1 fully saturated rings. The van der Waals surface area contributed by atoms with Crippen LogP contribution in [0, 0.1) is 11.8 Å². The quantitative estimate of drug-likeness (QED) is 0.495. The zero-order chi connectivity index (χ0) is 23.7. The van der Waals surface area contributed by atoms with Gasteiger partial charge in [0.25, 0.3) is 0 Å². The number of aromatic carboxylic acids is 1. The van der Waals surface area contributed by atoms with Crippen molar-refractivity contribution < 1.29 is 24.2 Å². The minimum absolute atomic E-state index is 0.00118. The van der Waals surface area contributed by atoms with Gasteiger partial charge in [-0.25, -0.2) is 14.6 Å². The van der Waals surface area contributed by atoms with E-state index in [0.717, 1.165) is 11.1 Å².